The van der Waals surface area contributed by atoms with Gasteiger partial charge in [0.1, 0.15) is 0 Å². The first-order chi connectivity index (χ1) is 8.65. The Morgan fingerprint density at radius 1 is 1.17 bits per heavy atom. The van der Waals surface area contributed by atoms with E-state index in [-0.39, 0.29) is 0 Å². The van der Waals surface area contributed by atoms with Crippen LogP contribution in [0.15, 0.2) is 45.6 Å². The molecule has 0 bridgehead atoms. The minimum atomic E-state index is 0.714. The molecule has 90 valence electrons. The molecule has 0 aliphatic carbocycles. The van der Waals surface area contributed by atoms with Gasteiger partial charge in [-0.2, -0.15) is 0 Å². The van der Waals surface area contributed by atoms with Crippen molar-refractivity contribution < 1.29 is 0 Å². The Kier molecular flexibility index (Phi) is 2.95. The number of hydrogen-bond donors (Lipinski definition) is 0. The minimum absolute atomic E-state index is 0.714. The molecule has 0 radical (unpaired) electrons. The topological polar surface area (TPSA) is 30.2 Å². The Bertz CT molecular complexity index is 734. The molecule has 3 aromatic rings. The van der Waals surface area contributed by atoms with Gasteiger partial charge >= 0.3 is 0 Å². The molecule has 3 rings (SSSR count). The van der Waals surface area contributed by atoms with Crippen LogP contribution in [0, 0.1) is 6.92 Å². The van der Waals surface area contributed by atoms with E-state index < -0.39 is 0 Å². The van der Waals surface area contributed by atoms with Crippen molar-refractivity contribution in [2.24, 2.45) is 0 Å². The van der Waals surface area contributed by atoms with E-state index in [0.29, 0.717) is 5.78 Å². The Hall–Kier alpha value is -1.20. The first-order valence-electron chi connectivity index (χ1n) is 5.41. The lowest BCUT2D eigenvalue weighted by Gasteiger charge is -2.00. The predicted octanol–water partition coefficient (Wildman–Crippen LogP) is 4.23. The van der Waals surface area contributed by atoms with E-state index in [4.69, 9.17) is 0 Å². The third-order valence-corrected chi connectivity index (χ3v) is 3.69. The van der Waals surface area contributed by atoms with Crippen molar-refractivity contribution in [3.63, 3.8) is 0 Å². The monoisotopic (exact) mass is 365 g/mol. The number of halogens is 2. The second-order valence-electron chi connectivity index (χ2n) is 4.00. The van der Waals surface area contributed by atoms with Gasteiger partial charge < -0.3 is 0 Å². The third kappa shape index (κ3) is 1.97. The van der Waals surface area contributed by atoms with E-state index in [9.17, 15) is 0 Å². The summed E-state index contributed by atoms with van der Waals surface area (Å²) in [5, 5.41) is 0. The maximum atomic E-state index is 4.57. The lowest BCUT2D eigenvalue weighted by molar-refractivity contribution is 1.05. The summed E-state index contributed by atoms with van der Waals surface area (Å²) >= 11 is 6.91. The van der Waals surface area contributed by atoms with Crippen LogP contribution in [0.4, 0.5) is 0 Å². The van der Waals surface area contributed by atoms with Crippen LogP contribution in [0.25, 0.3) is 17.0 Å². The molecule has 0 aliphatic rings. The van der Waals surface area contributed by atoms with Crippen molar-refractivity contribution in [3.05, 3.63) is 51.3 Å². The molecular weight excluding hydrogens is 358 g/mol. The number of nitrogens with zero attached hydrogens (tertiary/aromatic N) is 3. The first kappa shape index (κ1) is 11.9. The highest BCUT2D eigenvalue weighted by Gasteiger charge is 2.11. The summed E-state index contributed by atoms with van der Waals surface area (Å²) in [6.45, 7) is 2.05. The molecule has 0 unspecified atom stereocenters. The molecule has 0 spiro atoms. The van der Waals surface area contributed by atoms with E-state index in [0.717, 1.165) is 25.9 Å². The lowest BCUT2D eigenvalue weighted by atomic mass is 10.1. The van der Waals surface area contributed by atoms with Crippen LogP contribution in [0.1, 0.15) is 5.69 Å². The van der Waals surface area contributed by atoms with E-state index in [1.54, 1.807) is 6.20 Å². The van der Waals surface area contributed by atoms with Gasteiger partial charge in [-0.25, -0.2) is 9.97 Å². The van der Waals surface area contributed by atoms with Crippen molar-refractivity contribution in [2.45, 2.75) is 6.92 Å². The number of hydrogen-bond acceptors (Lipinski definition) is 2. The highest BCUT2D eigenvalue weighted by atomic mass is 79.9. The summed E-state index contributed by atoms with van der Waals surface area (Å²) in [7, 11) is 0. The number of fused-ring (bicyclic) bond motifs is 1. The molecule has 2 aromatic heterocycles. The van der Waals surface area contributed by atoms with Crippen LogP contribution in [0.2, 0.25) is 0 Å². The van der Waals surface area contributed by atoms with Crippen molar-refractivity contribution in [1.29, 1.82) is 0 Å². The van der Waals surface area contributed by atoms with E-state index in [1.165, 1.54) is 0 Å². The molecule has 1 aromatic carbocycles. The molecule has 3 nitrogen and oxygen atoms in total. The van der Waals surface area contributed by atoms with Gasteiger partial charge in [0.25, 0.3) is 0 Å². The van der Waals surface area contributed by atoms with Gasteiger partial charge in [0, 0.05) is 28.1 Å². The van der Waals surface area contributed by atoms with Gasteiger partial charge in [0.2, 0.25) is 5.78 Å². The number of rotatable bonds is 1. The Morgan fingerprint density at radius 2 is 2.00 bits per heavy atom. The molecule has 5 heteroatoms. The van der Waals surface area contributed by atoms with Crippen LogP contribution >= 0.6 is 31.9 Å². The quantitative estimate of drug-likeness (QED) is 0.645. The first-order valence-corrected chi connectivity index (χ1v) is 7.00. The maximum absolute atomic E-state index is 4.57. The van der Waals surface area contributed by atoms with Crippen molar-refractivity contribution in [3.8, 4) is 11.3 Å². The molecule has 0 amide bonds. The fraction of sp³-hybridized carbons (Fsp3) is 0.0769. The fourth-order valence-electron chi connectivity index (χ4n) is 1.93. The van der Waals surface area contributed by atoms with Gasteiger partial charge in [-0.15, -0.1) is 0 Å². The molecule has 2 heterocycles. The summed E-state index contributed by atoms with van der Waals surface area (Å²) in [6, 6.07) is 8.12. The third-order valence-electron chi connectivity index (χ3n) is 2.79. The van der Waals surface area contributed by atoms with Crippen molar-refractivity contribution in [1.82, 2.24) is 14.4 Å². The van der Waals surface area contributed by atoms with E-state index in [2.05, 4.69) is 54.0 Å². The van der Waals surface area contributed by atoms with E-state index >= 15 is 0 Å². The average Bonchev–Trinajstić information content (AvgIpc) is 2.67. The standard InChI is InChI=1S/C13H9Br2N3/c1-8-12(9-3-2-4-10(14)5-9)17-13-16-6-11(15)7-18(8)13/h2-7H,1H3. The average molecular weight is 367 g/mol. The molecule has 0 fully saturated rings. The lowest BCUT2D eigenvalue weighted by Crippen LogP contribution is -1.89. The predicted molar refractivity (Wildman–Crippen MR) is 78.6 cm³/mol. The molecule has 0 aliphatic heterocycles. The zero-order valence-electron chi connectivity index (χ0n) is 9.56. The van der Waals surface area contributed by atoms with E-state index in [1.807, 2.05) is 29.7 Å². The molecular formula is C13H9Br2N3. The van der Waals surface area contributed by atoms with Gasteiger partial charge in [-0.3, -0.25) is 4.40 Å². The molecule has 0 atom stereocenters. The Labute approximate surface area is 121 Å². The SMILES string of the molecule is Cc1c(-c2cccc(Br)c2)nc2ncc(Br)cn12. The highest BCUT2D eigenvalue weighted by Crippen LogP contribution is 2.26. The van der Waals surface area contributed by atoms with Gasteiger partial charge in [-0.05, 0) is 35.0 Å². The summed E-state index contributed by atoms with van der Waals surface area (Å²) in [5.41, 5.74) is 3.13. The largest absolute Gasteiger partial charge is 0.287 e. The van der Waals surface area contributed by atoms with Crippen molar-refractivity contribution >= 4 is 37.6 Å². The Morgan fingerprint density at radius 3 is 2.78 bits per heavy atom. The number of aryl methyl sites for hydroxylation is 1. The van der Waals surface area contributed by atoms with Crippen LogP contribution in [-0.2, 0) is 0 Å². The zero-order valence-corrected chi connectivity index (χ0v) is 12.7. The second kappa shape index (κ2) is 4.48. The second-order valence-corrected chi connectivity index (χ2v) is 5.83. The molecule has 0 saturated carbocycles. The highest BCUT2D eigenvalue weighted by molar-refractivity contribution is 9.10. The fourth-order valence-corrected chi connectivity index (χ4v) is 2.64. The number of imidazole rings is 1. The summed E-state index contributed by atoms with van der Waals surface area (Å²) in [6.07, 6.45) is 3.73. The van der Waals surface area contributed by atoms with Crippen molar-refractivity contribution in [2.75, 3.05) is 0 Å². The minimum Gasteiger partial charge on any atom is -0.287 e. The molecule has 0 N–H and O–H groups in total. The summed E-state index contributed by atoms with van der Waals surface area (Å²) < 4.78 is 3.97. The van der Waals surface area contributed by atoms with Gasteiger partial charge in [0.15, 0.2) is 0 Å². The summed E-state index contributed by atoms with van der Waals surface area (Å²) in [4.78, 5) is 8.88. The van der Waals surface area contributed by atoms with Crippen LogP contribution in [0.5, 0.6) is 0 Å². The smallest absolute Gasteiger partial charge is 0.234 e. The molecule has 18 heavy (non-hydrogen) atoms. The molecule has 0 saturated heterocycles. The zero-order chi connectivity index (χ0) is 12.7. The number of aromatic nitrogens is 3. The van der Waals surface area contributed by atoms with Gasteiger partial charge in [0.05, 0.1) is 10.2 Å². The van der Waals surface area contributed by atoms with Gasteiger partial charge in [-0.1, -0.05) is 28.1 Å². The number of benzene rings is 1. The van der Waals surface area contributed by atoms with Crippen LogP contribution in [-0.4, -0.2) is 14.4 Å². The summed E-state index contributed by atoms with van der Waals surface area (Å²) in [5.74, 6) is 0.714. The normalized spacial score (nSPS) is 11.1. The maximum Gasteiger partial charge on any atom is 0.234 e. The van der Waals surface area contributed by atoms with Crippen LogP contribution in [0.3, 0.4) is 0 Å². The Balaban J connectivity index is 2.27. The van der Waals surface area contributed by atoms with Crippen LogP contribution < -0.4 is 0 Å².